The van der Waals surface area contributed by atoms with Gasteiger partial charge in [0, 0.05) is 0 Å². The molecule has 0 aromatic heterocycles. The van der Waals surface area contributed by atoms with E-state index in [4.69, 9.17) is 4.62 Å². The van der Waals surface area contributed by atoms with Crippen molar-refractivity contribution in [1.29, 1.82) is 0 Å². The van der Waals surface area contributed by atoms with Gasteiger partial charge in [-0.15, -0.1) is 0 Å². The van der Waals surface area contributed by atoms with Crippen molar-refractivity contribution in [3.05, 3.63) is 10.1 Å². The van der Waals surface area contributed by atoms with Crippen molar-refractivity contribution in [2.75, 3.05) is 25.2 Å². The van der Waals surface area contributed by atoms with Gasteiger partial charge in [0.1, 0.15) is 0 Å². The van der Waals surface area contributed by atoms with E-state index in [9.17, 15) is 10.1 Å². The van der Waals surface area contributed by atoms with Crippen molar-refractivity contribution in [3.8, 4) is 0 Å². The second-order valence-corrected chi connectivity index (χ2v) is 10.0. The van der Waals surface area contributed by atoms with E-state index >= 15 is 0 Å². The summed E-state index contributed by atoms with van der Waals surface area (Å²) in [5, 5.41) is 9.75. The molecule has 0 spiro atoms. The zero-order valence-electron chi connectivity index (χ0n) is 7.65. The average Bonchev–Trinajstić information content (AvgIpc) is 2.33. The third-order valence-corrected chi connectivity index (χ3v) is 8.63. The van der Waals surface area contributed by atoms with E-state index < -0.39 is 11.9 Å². The monoisotopic (exact) mass is 193 g/mol. The molecule has 1 aliphatic heterocycles. The topological polar surface area (TPSA) is 52.4 Å². The van der Waals surface area contributed by atoms with Crippen LogP contribution in [0.1, 0.15) is 19.8 Å². The fourth-order valence-electron chi connectivity index (χ4n) is 1.89. The molecule has 5 heteroatoms. The number of hydrogen-bond acceptors (Lipinski definition) is 3. The van der Waals surface area contributed by atoms with E-state index in [1.54, 1.807) is 0 Å². The fourth-order valence-corrected chi connectivity index (χ4v) is 5.67. The van der Waals surface area contributed by atoms with Crippen LogP contribution in [0.4, 0.5) is 0 Å². The van der Waals surface area contributed by atoms with Gasteiger partial charge in [0.05, 0.1) is 0 Å². The first-order chi connectivity index (χ1) is 5.48. The van der Waals surface area contributed by atoms with Crippen molar-refractivity contribution in [3.63, 3.8) is 0 Å². The zero-order chi connectivity index (χ0) is 9.27. The molecule has 0 amide bonds. The Morgan fingerprint density at radius 2 is 2.00 bits per heavy atom. The maximum atomic E-state index is 10.3. The van der Waals surface area contributed by atoms with Crippen LogP contribution in [0, 0.1) is 10.1 Å². The van der Waals surface area contributed by atoms with E-state index in [2.05, 4.69) is 0 Å². The van der Waals surface area contributed by atoms with Crippen LogP contribution >= 0.6 is 6.83 Å². The summed E-state index contributed by atoms with van der Waals surface area (Å²) in [4.78, 5) is 10.3. The zero-order valence-corrected chi connectivity index (χ0v) is 8.55. The average molecular weight is 193 g/mol. The summed E-state index contributed by atoms with van der Waals surface area (Å²) in [6.07, 6.45) is 4.89. The van der Waals surface area contributed by atoms with Gasteiger partial charge in [-0.2, -0.15) is 0 Å². The van der Waals surface area contributed by atoms with Crippen molar-refractivity contribution in [1.82, 2.24) is 0 Å². The van der Waals surface area contributed by atoms with E-state index in [1.807, 2.05) is 13.6 Å². The van der Waals surface area contributed by atoms with Gasteiger partial charge in [-0.25, -0.2) is 0 Å². The minimum absolute atomic E-state index is 0.591. The van der Waals surface area contributed by atoms with E-state index in [-0.39, 0.29) is 0 Å². The van der Waals surface area contributed by atoms with Crippen LogP contribution in [0.5, 0.6) is 0 Å². The standard InChI is InChI=1S/C7H16NO3P/c1-3-12(2,11-8(9)10)6-4-5-7-12/h3-7H2,1-2H3. The summed E-state index contributed by atoms with van der Waals surface area (Å²) >= 11 is 0. The van der Waals surface area contributed by atoms with E-state index in [0.717, 1.165) is 31.3 Å². The van der Waals surface area contributed by atoms with Gasteiger partial charge in [-0.1, -0.05) is 0 Å². The summed E-state index contributed by atoms with van der Waals surface area (Å²) in [5.41, 5.74) is 0. The van der Waals surface area contributed by atoms with Crippen LogP contribution in [0.2, 0.25) is 0 Å². The summed E-state index contributed by atoms with van der Waals surface area (Å²) in [6.45, 7) is 1.67. The van der Waals surface area contributed by atoms with Crippen LogP contribution in [-0.2, 0) is 4.62 Å². The molecule has 1 aliphatic rings. The van der Waals surface area contributed by atoms with Crippen LogP contribution in [0.15, 0.2) is 0 Å². The van der Waals surface area contributed by atoms with Crippen molar-refractivity contribution < 1.29 is 9.71 Å². The quantitative estimate of drug-likeness (QED) is 0.392. The van der Waals surface area contributed by atoms with Crippen LogP contribution < -0.4 is 0 Å². The molecule has 0 aromatic rings. The second-order valence-electron chi connectivity index (χ2n) is 3.97. The molecule has 0 atom stereocenters. The predicted molar refractivity (Wildman–Crippen MR) is 50.4 cm³/mol. The molecular formula is C7H16NO3P. The minimum atomic E-state index is -2.34. The second kappa shape index (κ2) is 2.84. The number of hydrogen-bond donors (Lipinski definition) is 0. The van der Waals surface area contributed by atoms with Crippen LogP contribution in [-0.4, -0.2) is 30.2 Å². The molecule has 0 aromatic carbocycles. The Labute approximate surface area is 72.4 Å². The molecule has 0 radical (unpaired) electrons. The van der Waals surface area contributed by atoms with Crippen molar-refractivity contribution >= 4 is 6.83 Å². The molecule has 12 heavy (non-hydrogen) atoms. The Bertz CT molecular complexity index is 201. The van der Waals surface area contributed by atoms with Crippen LogP contribution in [0.3, 0.4) is 0 Å². The number of nitrogens with zero attached hydrogens (tertiary/aromatic N) is 1. The van der Waals surface area contributed by atoms with Gasteiger partial charge >= 0.3 is 71.6 Å². The third kappa shape index (κ3) is 1.69. The summed E-state index contributed by atoms with van der Waals surface area (Å²) < 4.78 is 4.99. The summed E-state index contributed by atoms with van der Waals surface area (Å²) in [5.74, 6) is 0. The van der Waals surface area contributed by atoms with Gasteiger partial charge in [0.2, 0.25) is 0 Å². The SMILES string of the molecule is CCP1(C)(O[N+](=O)[O-])CCCC1. The van der Waals surface area contributed by atoms with E-state index in [0.29, 0.717) is 0 Å². The molecule has 1 saturated heterocycles. The Kier molecular flexibility index (Phi) is 2.30. The fraction of sp³-hybridized carbons (Fsp3) is 1.00. The van der Waals surface area contributed by atoms with Gasteiger partial charge in [0.25, 0.3) is 0 Å². The molecule has 0 bridgehead atoms. The van der Waals surface area contributed by atoms with Gasteiger partial charge in [0.15, 0.2) is 0 Å². The van der Waals surface area contributed by atoms with Crippen molar-refractivity contribution in [2.45, 2.75) is 19.8 Å². The Hall–Kier alpha value is -0.370. The third-order valence-electron chi connectivity index (χ3n) is 3.04. The molecular weight excluding hydrogens is 177 g/mol. The van der Waals surface area contributed by atoms with E-state index in [1.165, 1.54) is 0 Å². The molecule has 0 aliphatic carbocycles. The van der Waals surface area contributed by atoms with Gasteiger partial charge < -0.3 is 0 Å². The molecule has 1 rings (SSSR count). The molecule has 0 N–H and O–H groups in total. The van der Waals surface area contributed by atoms with Crippen molar-refractivity contribution in [2.24, 2.45) is 0 Å². The van der Waals surface area contributed by atoms with Gasteiger partial charge in [-0.05, 0) is 0 Å². The van der Waals surface area contributed by atoms with Gasteiger partial charge in [-0.3, -0.25) is 0 Å². The Morgan fingerprint density at radius 1 is 1.50 bits per heavy atom. The van der Waals surface area contributed by atoms with Crippen LogP contribution in [0.25, 0.3) is 0 Å². The Morgan fingerprint density at radius 3 is 2.33 bits per heavy atom. The normalized spacial score (nSPS) is 28.7. The summed E-state index contributed by atoms with van der Waals surface area (Å²) in [7, 11) is 0. The molecule has 0 saturated carbocycles. The summed E-state index contributed by atoms with van der Waals surface area (Å²) in [6, 6.07) is 0. The molecule has 4 nitrogen and oxygen atoms in total. The maximum absolute atomic E-state index is 10.3. The number of rotatable bonds is 3. The molecule has 1 heterocycles. The first-order valence-electron chi connectivity index (χ1n) is 4.33. The first-order valence-corrected chi connectivity index (χ1v) is 7.49. The predicted octanol–water partition coefficient (Wildman–Crippen LogP) is 2.11. The Balaban J connectivity index is 2.79. The molecule has 72 valence electrons. The molecule has 1 fully saturated rings. The first kappa shape index (κ1) is 9.72. The molecule has 0 unspecified atom stereocenters.